The van der Waals surface area contributed by atoms with Crippen molar-refractivity contribution in [2.24, 2.45) is 0 Å². The van der Waals surface area contributed by atoms with Gasteiger partial charge in [-0.2, -0.15) is 0 Å². The first-order valence-electron chi connectivity index (χ1n) is 5.95. The second-order valence-corrected chi connectivity index (χ2v) is 4.35. The number of anilines is 2. The summed E-state index contributed by atoms with van der Waals surface area (Å²) in [6.45, 7) is 6.06. The Kier molecular flexibility index (Phi) is 3.62. The van der Waals surface area contributed by atoms with Gasteiger partial charge in [0.25, 0.3) is 0 Å². The van der Waals surface area contributed by atoms with Crippen molar-refractivity contribution in [3.8, 4) is 0 Å². The number of aryl methyl sites for hydroxylation is 2. The van der Waals surface area contributed by atoms with Crippen LogP contribution in [0, 0.1) is 13.8 Å². The van der Waals surface area contributed by atoms with Gasteiger partial charge in [-0.1, -0.05) is 23.3 Å². The predicted octanol–water partition coefficient (Wildman–Crippen LogP) is 2.71. The number of hydrogen-bond donors (Lipinski definition) is 2. The summed E-state index contributed by atoms with van der Waals surface area (Å²) >= 11 is 0. The highest BCUT2D eigenvalue weighted by Crippen LogP contribution is 2.24. The monoisotopic (exact) mass is 246 g/mol. The van der Waals surface area contributed by atoms with E-state index >= 15 is 0 Å². The van der Waals surface area contributed by atoms with Crippen molar-refractivity contribution in [2.75, 3.05) is 12.4 Å². The second-order valence-electron chi connectivity index (χ2n) is 4.35. The molecule has 96 valence electrons. The minimum Gasteiger partial charge on any atom is -0.406 e. The Morgan fingerprint density at radius 1 is 1.17 bits per heavy atom. The van der Waals surface area contributed by atoms with Crippen LogP contribution in [0.5, 0.6) is 0 Å². The van der Waals surface area contributed by atoms with E-state index in [1.54, 1.807) is 0 Å². The Hall–Kier alpha value is -1.88. The van der Waals surface area contributed by atoms with Crippen molar-refractivity contribution in [3.63, 3.8) is 0 Å². The van der Waals surface area contributed by atoms with E-state index in [1.807, 2.05) is 46.0 Å². The van der Waals surface area contributed by atoms with Gasteiger partial charge in [-0.05, 0) is 38.9 Å². The SMILES string of the molecule is CNC(C)c1nnc(Nc2c(C)cccc2C)o1. The van der Waals surface area contributed by atoms with E-state index in [4.69, 9.17) is 4.42 Å². The lowest BCUT2D eigenvalue weighted by Crippen LogP contribution is -2.12. The third-order valence-electron chi connectivity index (χ3n) is 2.96. The van der Waals surface area contributed by atoms with E-state index in [0.717, 1.165) is 16.8 Å². The molecule has 0 amide bonds. The largest absolute Gasteiger partial charge is 0.406 e. The van der Waals surface area contributed by atoms with E-state index in [-0.39, 0.29) is 6.04 Å². The van der Waals surface area contributed by atoms with Gasteiger partial charge in [-0.3, -0.25) is 0 Å². The molecule has 0 aliphatic rings. The van der Waals surface area contributed by atoms with E-state index in [1.165, 1.54) is 0 Å². The van der Waals surface area contributed by atoms with Gasteiger partial charge in [0.2, 0.25) is 5.89 Å². The first-order valence-corrected chi connectivity index (χ1v) is 5.95. The molecule has 0 spiro atoms. The average molecular weight is 246 g/mol. The molecule has 5 nitrogen and oxygen atoms in total. The standard InChI is InChI=1S/C13H18N4O/c1-8-6-5-7-9(2)11(8)15-13-17-16-12(18-13)10(3)14-4/h5-7,10,14H,1-4H3,(H,15,17). The molecule has 1 aromatic heterocycles. The molecule has 0 saturated heterocycles. The Balaban J connectivity index is 2.21. The summed E-state index contributed by atoms with van der Waals surface area (Å²) in [6.07, 6.45) is 0. The summed E-state index contributed by atoms with van der Waals surface area (Å²) in [5.41, 5.74) is 3.32. The number of nitrogens with zero attached hydrogens (tertiary/aromatic N) is 2. The molecule has 2 N–H and O–H groups in total. The lowest BCUT2D eigenvalue weighted by Gasteiger charge is -2.09. The maximum Gasteiger partial charge on any atom is 0.320 e. The molecule has 1 atom stereocenters. The molecular weight excluding hydrogens is 228 g/mol. The molecule has 1 aromatic carbocycles. The number of benzene rings is 1. The van der Waals surface area contributed by atoms with Crippen LogP contribution in [-0.4, -0.2) is 17.2 Å². The fourth-order valence-electron chi connectivity index (χ4n) is 1.70. The van der Waals surface area contributed by atoms with Crippen molar-refractivity contribution in [1.82, 2.24) is 15.5 Å². The number of aromatic nitrogens is 2. The molecule has 5 heteroatoms. The summed E-state index contributed by atoms with van der Waals surface area (Å²) in [6, 6.07) is 6.58. The molecule has 2 rings (SSSR count). The predicted molar refractivity (Wildman–Crippen MR) is 71.0 cm³/mol. The topological polar surface area (TPSA) is 63.0 Å². The molecule has 0 fully saturated rings. The van der Waals surface area contributed by atoms with Crippen LogP contribution in [0.4, 0.5) is 11.7 Å². The molecule has 0 bridgehead atoms. The Bertz CT molecular complexity index is 515. The summed E-state index contributed by atoms with van der Waals surface area (Å²) in [5.74, 6) is 0.575. The molecule has 0 aliphatic carbocycles. The molecular formula is C13H18N4O. The van der Waals surface area contributed by atoms with Crippen LogP contribution >= 0.6 is 0 Å². The summed E-state index contributed by atoms with van der Waals surface area (Å²) in [7, 11) is 1.85. The van der Waals surface area contributed by atoms with Crippen LogP contribution in [0.15, 0.2) is 22.6 Å². The van der Waals surface area contributed by atoms with Crippen molar-refractivity contribution < 1.29 is 4.42 Å². The highest BCUT2D eigenvalue weighted by molar-refractivity contribution is 5.61. The van der Waals surface area contributed by atoms with E-state index in [9.17, 15) is 0 Å². The number of hydrogen-bond acceptors (Lipinski definition) is 5. The van der Waals surface area contributed by atoms with E-state index < -0.39 is 0 Å². The second kappa shape index (κ2) is 5.18. The fraction of sp³-hybridized carbons (Fsp3) is 0.385. The zero-order valence-corrected chi connectivity index (χ0v) is 11.1. The zero-order valence-electron chi connectivity index (χ0n) is 11.1. The van der Waals surface area contributed by atoms with Crippen molar-refractivity contribution in [3.05, 3.63) is 35.2 Å². The maximum atomic E-state index is 5.55. The van der Waals surface area contributed by atoms with E-state index in [0.29, 0.717) is 11.9 Å². The maximum absolute atomic E-state index is 5.55. The zero-order chi connectivity index (χ0) is 13.1. The lowest BCUT2D eigenvalue weighted by atomic mass is 10.1. The third-order valence-corrected chi connectivity index (χ3v) is 2.96. The van der Waals surface area contributed by atoms with Crippen molar-refractivity contribution >= 4 is 11.7 Å². The highest BCUT2D eigenvalue weighted by Gasteiger charge is 2.13. The minimum absolute atomic E-state index is 0.0472. The van der Waals surface area contributed by atoms with Gasteiger partial charge in [0.15, 0.2) is 0 Å². The van der Waals surface area contributed by atoms with Crippen molar-refractivity contribution in [2.45, 2.75) is 26.8 Å². The number of nitrogens with one attached hydrogen (secondary N) is 2. The van der Waals surface area contributed by atoms with Gasteiger partial charge < -0.3 is 15.1 Å². The van der Waals surface area contributed by atoms with Gasteiger partial charge >= 0.3 is 6.01 Å². The van der Waals surface area contributed by atoms with Crippen LogP contribution < -0.4 is 10.6 Å². The first-order chi connectivity index (χ1) is 8.61. The highest BCUT2D eigenvalue weighted by atomic mass is 16.4. The van der Waals surface area contributed by atoms with Crippen LogP contribution in [0.25, 0.3) is 0 Å². The first kappa shape index (κ1) is 12.6. The molecule has 2 aromatic rings. The van der Waals surface area contributed by atoms with Crippen LogP contribution in [0.1, 0.15) is 30.0 Å². The van der Waals surface area contributed by atoms with E-state index in [2.05, 4.69) is 20.8 Å². The molecule has 0 saturated carbocycles. The van der Waals surface area contributed by atoms with Gasteiger partial charge in [-0.15, -0.1) is 5.10 Å². The van der Waals surface area contributed by atoms with Crippen LogP contribution in [0.3, 0.4) is 0 Å². The molecule has 0 radical (unpaired) electrons. The Morgan fingerprint density at radius 3 is 2.44 bits per heavy atom. The van der Waals surface area contributed by atoms with Crippen LogP contribution in [0.2, 0.25) is 0 Å². The van der Waals surface area contributed by atoms with Crippen LogP contribution in [-0.2, 0) is 0 Å². The third kappa shape index (κ3) is 2.51. The molecule has 0 aliphatic heterocycles. The number of para-hydroxylation sites is 1. The normalized spacial score (nSPS) is 12.4. The quantitative estimate of drug-likeness (QED) is 0.868. The molecule has 1 heterocycles. The van der Waals surface area contributed by atoms with Crippen molar-refractivity contribution in [1.29, 1.82) is 0 Å². The number of rotatable bonds is 4. The Labute approximate surface area is 107 Å². The van der Waals surface area contributed by atoms with Gasteiger partial charge in [0.1, 0.15) is 0 Å². The molecule has 18 heavy (non-hydrogen) atoms. The molecule has 1 unspecified atom stereocenters. The average Bonchev–Trinajstić information content (AvgIpc) is 2.81. The van der Waals surface area contributed by atoms with Gasteiger partial charge in [-0.25, -0.2) is 0 Å². The Morgan fingerprint density at radius 2 is 1.83 bits per heavy atom. The minimum atomic E-state index is 0.0472. The summed E-state index contributed by atoms with van der Waals surface area (Å²) in [5, 5.41) is 14.2. The van der Waals surface area contributed by atoms with Gasteiger partial charge in [0.05, 0.1) is 6.04 Å². The van der Waals surface area contributed by atoms with Gasteiger partial charge in [0, 0.05) is 5.69 Å². The lowest BCUT2D eigenvalue weighted by molar-refractivity contribution is 0.443. The smallest absolute Gasteiger partial charge is 0.320 e. The summed E-state index contributed by atoms with van der Waals surface area (Å²) in [4.78, 5) is 0. The fourth-order valence-corrected chi connectivity index (χ4v) is 1.70. The summed E-state index contributed by atoms with van der Waals surface area (Å²) < 4.78 is 5.55.